The van der Waals surface area contributed by atoms with Crippen molar-refractivity contribution in [1.29, 1.82) is 0 Å². The molecule has 0 aliphatic carbocycles. The summed E-state index contributed by atoms with van der Waals surface area (Å²) in [7, 11) is 5.20. The van der Waals surface area contributed by atoms with Gasteiger partial charge < -0.3 is 20.4 Å². The maximum atomic E-state index is 6.08. The minimum Gasteiger partial charge on any atom is -0.493 e. The van der Waals surface area contributed by atoms with E-state index in [4.69, 9.17) is 21.1 Å². The molecule has 120 valence electrons. The summed E-state index contributed by atoms with van der Waals surface area (Å²) in [6, 6.07) is 10.5. The minimum absolute atomic E-state index is 0. The van der Waals surface area contributed by atoms with Crippen LogP contribution >= 0.6 is 11.6 Å². The van der Waals surface area contributed by atoms with Gasteiger partial charge in [-0.15, -0.1) is 6.20 Å². The Labute approximate surface area is 188 Å². The summed E-state index contributed by atoms with van der Waals surface area (Å²) in [5.41, 5.74) is 1.66. The zero-order chi connectivity index (χ0) is 16.4. The van der Waals surface area contributed by atoms with Crippen LogP contribution in [-0.4, -0.2) is 35.9 Å². The summed E-state index contributed by atoms with van der Waals surface area (Å²) in [4.78, 5) is 6.21. The summed E-state index contributed by atoms with van der Waals surface area (Å²) in [5.74, 6) is 2.23. The molecule has 0 N–H and O–H groups in total. The summed E-state index contributed by atoms with van der Waals surface area (Å²) in [6.07, 6.45) is 1.58. The molecule has 0 saturated heterocycles. The minimum atomic E-state index is 0. The number of hydrogen-bond donors (Lipinski definition) is 0. The first kappa shape index (κ1) is 19.5. The molecule has 0 radical (unpaired) electrons. The van der Waals surface area contributed by atoms with Gasteiger partial charge in [-0.1, -0.05) is 17.7 Å². The van der Waals surface area contributed by atoms with E-state index in [0.717, 1.165) is 11.4 Å². The van der Waals surface area contributed by atoms with Crippen LogP contribution in [-0.2, 0) is 6.54 Å². The third kappa shape index (κ3) is 4.04. The second-order valence-corrected chi connectivity index (χ2v) is 5.39. The first-order chi connectivity index (χ1) is 11.1. The molecule has 2 aromatic heterocycles. The first-order valence-electron chi connectivity index (χ1n) is 6.96. The Bertz CT molecular complexity index is 840. The van der Waals surface area contributed by atoms with Gasteiger partial charge in [-0.05, 0) is 23.3 Å². The molecule has 0 fully saturated rings. The smallest absolute Gasteiger partial charge is 0.493 e. The predicted octanol–water partition coefficient (Wildman–Crippen LogP) is -0.160. The van der Waals surface area contributed by atoms with Gasteiger partial charge in [0.1, 0.15) is 11.0 Å². The zero-order valence-corrected chi connectivity index (χ0v) is 18.0. The number of anilines is 1. The fourth-order valence-electron chi connectivity index (χ4n) is 2.41. The Morgan fingerprint density at radius 2 is 1.96 bits per heavy atom. The number of halogens is 1. The topological polar surface area (TPSA) is 51.9 Å². The second kappa shape index (κ2) is 8.51. The molecule has 1 aromatic carbocycles. The van der Waals surface area contributed by atoms with E-state index in [0.29, 0.717) is 28.8 Å². The van der Waals surface area contributed by atoms with Crippen molar-refractivity contribution in [3.05, 3.63) is 47.2 Å². The number of fused-ring (bicyclic) bond motifs is 1. The summed E-state index contributed by atoms with van der Waals surface area (Å²) in [6.45, 7) is 0.648. The number of methoxy groups -OCH3 is 2. The van der Waals surface area contributed by atoms with E-state index in [1.165, 1.54) is 0 Å². The van der Waals surface area contributed by atoms with Gasteiger partial charge in [0.2, 0.25) is 0 Å². The van der Waals surface area contributed by atoms with Crippen LogP contribution < -0.4 is 65.8 Å². The molecule has 3 aromatic rings. The quantitative estimate of drug-likeness (QED) is 0.355. The molecule has 8 heteroatoms. The third-order valence-corrected chi connectivity index (χ3v) is 3.70. The summed E-state index contributed by atoms with van der Waals surface area (Å²) in [5, 5.41) is 4.64. The van der Waals surface area contributed by atoms with Crippen molar-refractivity contribution in [2.45, 2.75) is 6.54 Å². The van der Waals surface area contributed by atoms with Gasteiger partial charge in [-0.2, -0.15) is 0 Å². The first-order valence-corrected chi connectivity index (χ1v) is 7.34. The van der Waals surface area contributed by atoms with Gasteiger partial charge >= 0.3 is 51.4 Å². The van der Waals surface area contributed by atoms with Gasteiger partial charge in [0.05, 0.1) is 14.2 Å². The van der Waals surface area contributed by atoms with Gasteiger partial charge in [0, 0.05) is 19.7 Å². The van der Waals surface area contributed by atoms with E-state index in [-0.39, 0.29) is 51.4 Å². The molecule has 0 spiro atoms. The molecule has 2 heterocycles. The van der Waals surface area contributed by atoms with E-state index in [2.05, 4.69) is 16.1 Å². The largest absolute Gasteiger partial charge is 1.00 e. The number of benzene rings is 1. The van der Waals surface area contributed by atoms with Gasteiger partial charge in [0.25, 0.3) is 0 Å². The number of aromatic nitrogens is 3. The Hall–Kier alpha value is -0.834. The maximum Gasteiger partial charge on any atom is 1.00 e. The molecule has 24 heavy (non-hydrogen) atoms. The fraction of sp³-hybridized carbons (Fsp3) is 0.250. The molecule has 0 aliphatic heterocycles. The normalized spacial score (nSPS) is 10.3. The van der Waals surface area contributed by atoms with Gasteiger partial charge in [-0.25, -0.2) is 9.61 Å². The Kier molecular flexibility index (Phi) is 6.91. The van der Waals surface area contributed by atoms with Crippen LogP contribution in [0.15, 0.2) is 30.5 Å². The molecular formula is C16H16ClKN4O2. The van der Waals surface area contributed by atoms with Crippen molar-refractivity contribution < 1.29 is 60.9 Å². The van der Waals surface area contributed by atoms with Gasteiger partial charge in [0.15, 0.2) is 11.5 Å². The van der Waals surface area contributed by atoms with Crippen molar-refractivity contribution in [3.63, 3.8) is 0 Å². The van der Waals surface area contributed by atoms with Crippen LogP contribution in [0.5, 0.6) is 11.5 Å². The molecule has 0 atom stereocenters. The Morgan fingerprint density at radius 1 is 1.21 bits per heavy atom. The predicted molar refractivity (Wildman–Crippen MR) is 88.5 cm³/mol. The monoisotopic (exact) mass is 370 g/mol. The number of nitrogens with zero attached hydrogens (tertiary/aromatic N) is 4. The van der Waals surface area contributed by atoms with Crippen LogP contribution in [0.2, 0.25) is 5.15 Å². The van der Waals surface area contributed by atoms with Gasteiger partial charge in [-0.3, -0.25) is 4.98 Å². The van der Waals surface area contributed by atoms with Crippen LogP contribution in [0, 0.1) is 6.07 Å². The molecule has 0 saturated carbocycles. The van der Waals surface area contributed by atoms with Crippen LogP contribution in [0.3, 0.4) is 0 Å². The third-order valence-electron chi connectivity index (χ3n) is 3.50. The fourth-order valence-corrected chi connectivity index (χ4v) is 2.59. The van der Waals surface area contributed by atoms with E-state index in [1.807, 2.05) is 30.1 Å². The zero-order valence-electron chi connectivity index (χ0n) is 14.1. The molecule has 0 unspecified atom stereocenters. The average molecular weight is 371 g/mol. The Balaban J connectivity index is 0.00000208. The number of hydrogen-bond acceptors (Lipinski definition) is 5. The van der Waals surface area contributed by atoms with E-state index in [1.54, 1.807) is 31.0 Å². The van der Waals surface area contributed by atoms with Crippen molar-refractivity contribution in [3.8, 4) is 11.5 Å². The summed E-state index contributed by atoms with van der Waals surface area (Å²) >= 11 is 6.08. The molecule has 0 bridgehead atoms. The maximum absolute atomic E-state index is 6.08. The van der Waals surface area contributed by atoms with E-state index < -0.39 is 0 Å². The summed E-state index contributed by atoms with van der Waals surface area (Å²) < 4.78 is 12.3. The molecule has 6 nitrogen and oxygen atoms in total. The number of ether oxygens (including phenoxy) is 2. The molecule has 0 aliphatic rings. The van der Waals surface area contributed by atoms with Crippen molar-refractivity contribution in [2.75, 3.05) is 26.2 Å². The van der Waals surface area contributed by atoms with Crippen molar-refractivity contribution in [1.82, 2.24) is 14.6 Å². The second-order valence-electron chi connectivity index (χ2n) is 5.01. The molecular weight excluding hydrogens is 355 g/mol. The van der Waals surface area contributed by atoms with E-state index >= 15 is 0 Å². The van der Waals surface area contributed by atoms with Crippen molar-refractivity contribution in [2.24, 2.45) is 0 Å². The number of rotatable bonds is 5. The molecule has 3 rings (SSSR count). The SMILES string of the molecule is COc1ccc(CN(C)c2cc(Cl)nc3[c-]cnn23)cc1OC.[K+]. The average Bonchev–Trinajstić information content (AvgIpc) is 3.01. The standard InChI is InChI=1S/C16H16ClN4O2.K/c1-20(10-11-4-5-12(22-2)13(8-11)23-3)16-9-14(17)19-15-6-7-18-21(15)16;/h4-5,7-9H,10H2,1-3H3;/q-1;+1. The van der Waals surface area contributed by atoms with Crippen molar-refractivity contribution >= 4 is 23.1 Å². The Morgan fingerprint density at radius 3 is 2.67 bits per heavy atom. The van der Waals surface area contributed by atoms with E-state index in [9.17, 15) is 0 Å². The van der Waals surface area contributed by atoms with Crippen LogP contribution in [0.1, 0.15) is 5.56 Å². The van der Waals surface area contributed by atoms with Crippen LogP contribution in [0.25, 0.3) is 5.65 Å². The molecule has 0 amide bonds. The van der Waals surface area contributed by atoms with Crippen LogP contribution in [0.4, 0.5) is 5.82 Å².